The molecule has 2 atom stereocenters. The zero-order valence-electron chi connectivity index (χ0n) is 11.5. The van der Waals surface area contributed by atoms with E-state index in [0.29, 0.717) is 6.54 Å². The molecule has 0 aliphatic carbocycles. The molecule has 102 valence electrons. The summed E-state index contributed by atoms with van der Waals surface area (Å²) in [6, 6.07) is 1.87. The predicted molar refractivity (Wildman–Crippen MR) is 77.6 cm³/mol. The summed E-state index contributed by atoms with van der Waals surface area (Å²) in [7, 11) is 1.02. The molecule has 18 heavy (non-hydrogen) atoms. The molecule has 0 aliphatic heterocycles. The fourth-order valence-electron chi connectivity index (χ4n) is 1.42. The van der Waals surface area contributed by atoms with E-state index in [9.17, 15) is 4.21 Å². The van der Waals surface area contributed by atoms with Crippen molar-refractivity contribution in [3.05, 3.63) is 11.9 Å². The molecule has 1 aromatic rings. The van der Waals surface area contributed by atoms with Gasteiger partial charge in [-0.3, -0.25) is 4.21 Å². The molecule has 0 spiro atoms. The smallest absolute Gasteiger partial charge is 0.133 e. The van der Waals surface area contributed by atoms with Gasteiger partial charge in [0.1, 0.15) is 17.5 Å². The topological polar surface area (TPSA) is 66.9 Å². The molecule has 0 saturated carbocycles. The zero-order chi connectivity index (χ0) is 13.5. The largest absolute Gasteiger partial charge is 0.373 e. The summed E-state index contributed by atoms with van der Waals surface area (Å²) in [4.78, 5) is 8.82. The van der Waals surface area contributed by atoms with E-state index >= 15 is 0 Å². The summed E-state index contributed by atoms with van der Waals surface area (Å²) in [6.07, 6.45) is 3.59. The number of anilines is 2. The molecule has 0 aromatic carbocycles. The summed E-state index contributed by atoms with van der Waals surface area (Å²) in [6.45, 7) is 4.70. The molecule has 0 saturated heterocycles. The Morgan fingerprint density at radius 1 is 1.39 bits per heavy atom. The molecule has 0 aliphatic rings. The van der Waals surface area contributed by atoms with Gasteiger partial charge in [-0.25, -0.2) is 9.97 Å². The maximum atomic E-state index is 11.3. The lowest BCUT2D eigenvalue weighted by molar-refractivity contribution is 0.678. The van der Waals surface area contributed by atoms with Gasteiger partial charge in [0, 0.05) is 48.4 Å². The van der Waals surface area contributed by atoms with Crippen molar-refractivity contribution >= 4 is 22.4 Å². The van der Waals surface area contributed by atoms with Crippen LogP contribution in [0.25, 0.3) is 0 Å². The van der Waals surface area contributed by atoms with Gasteiger partial charge in [0.2, 0.25) is 0 Å². The van der Waals surface area contributed by atoms with Crippen molar-refractivity contribution in [2.75, 3.05) is 30.5 Å². The average Bonchev–Trinajstić information content (AvgIpc) is 2.35. The minimum absolute atomic E-state index is 0.104. The molecular formula is C12H22N4OS. The minimum atomic E-state index is -0.821. The predicted octanol–water partition coefficient (Wildman–Crippen LogP) is 1.65. The van der Waals surface area contributed by atoms with Crippen molar-refractivity contribution in [1.82, 2.24) is 9.97 Å². The Balaban J connectivity index is 2.74. The fraction of sp³-hybridized carbons (Fsp3) is 0.667. The molecule has 2 N–H and O–H groups in total. The molecule has 1 aromatic heterocycles. The monoisotopic (exact) mass is 270 g/mol. The lowest BCUT2D eigenvalue weighted by Gasteiger charge is -2.12. The van der Waals surface area contributed by atoms with E-state index < -0.39 is 10.8 Å². The first-order valence-electron chi connectivity index (χ1n) is 6.18. The maximum Gasteiger partial charge on any atom is 0.133 e. The standard InChI is InChI=1S/C12H22N4OS/c1-5-6-10-15-11(13-3)7-12(16-10)14-8-9(2)18(4)17/h7,9H,5-6,8H2,1-4H3,(H2,13,14,15,16). The van der Waals surface area contributed by atoms with Crippen LogP contribution in [0.5, 0.6) is 0 Å². The molecule has 2 unspecified atom stereocenters. The van der Waals surface area contributed by atoms with Crippen molar-refractivity contribution in [2.45, 2.75) is 31.9 Å². The van der Waals surface area contributed by atoms with Crippen LogP contribution in [0.2, 0.25) is 0 Å². The third-order valence-corrected chi connectivity index (χ3v) is 3.94. The Morgan fingerprint density at radius 2 is 2.06 bits per heavy atom. The van der Waals surface area contributed by atoms with Crippen LogP contribution in [0.3, 0.4) is 0 Å². The van der Waals surface area contributed by atoms with Crippen LogP contribution in [-0.4, -0.2) is 39.3 Å². The van der Waals surface area contributed by atoms with Gasteiger partial charge in [0.15, 0.2) is 0 Å². The normalized spacial score (nSPS) is 14.0. The summed E-state index contributed by atoms with van der Waals surface area (Å²) in [5.41, 5.74) is 0. The van der Waals surface area contributed by atoms with Crippen LogP contribution in [0.15, 0.2) is 6.07 Å². The van der Waals surface area contributed by atoms with Gasteiger partial charge in [0.05, 0.1) is 0 Å². The molecule has 0 bridgehead atoms. The summed E-state index contributed by atoms with van der Waals surface area (Å²) in [5, 5.41) is 6.34. The fourth-order valence-corrected chi connectivity index (χ4v) is 1.73. The Kier molecular flexibility index (Phi) is 6.04. The van der Waals surface area contributed by atoms with Crippen LogP contribution >= 0.6 is 0 Å². The second kappa shape index (κ2) is 7.31. The van der Waals surface area contributed by atoms with E-state index in [0.717, 1.165) is 30.3 Å². The number of rotatable bonds is 7. The first-order valence-corrected chi connectivity index (χ1v) is 7.80. The van der Waals surface area contributed by atoms with Crippen LogP contribution in [0.1, 0.15) is 26.1 Å². The zero-order valence-corrected chi connectivity index (χ0v) is 12.3. The van der Waals surface area contributed by atoms with Crippen molar-refractivity contribution < 1.29 is 4.21 Å². The second-order valence-corrected chi connectivity index (χ2v) is 6.05. The number of nitrogens with zero attached hydrogens (tertiary/aromatic N) is 2. The van der Waals surface area contributed by atoms with Gasteiger partial charge in [-0.05, 0) is 13.3 Å². The number of aromatic nitrogens is 2. The number of aryl methyl sites for hydroxylation is 1. The molecule has 1 heterocycles. The Hall–Kier alpha value is -1.17. The first kappa shape index (κ1) is 14.9. The molecule has 6 heteroatoms. The van der Waals surface area contributed by atoms with Crippen LogP contribution in [0.4, 0.5) is 11.6 Å². The Morgan fingerprint density at radius 3 is 2.61 bits per heavy atom. The SMILES string of the molecule is CCCc1nc(NC)cc(NCC(C)S(C)=O)n1. The first-order chi connectivity index (χ1) is 8.56. The van der Waals surface area contributed by atoms with Gasteiger partial charge in [0.25, 0.3) is 0 Å². The second-order valence-electron chi connectivity index (χ2n) is 4.24. The van der Waals surface area contributed by atoms with Crippen molar-refractivity contribution in [3.8, 4) is 0 Å². The van der Waals surface area contributed by atoms with E-state index in [1.807, 2.05) is 20.0 Å². The Bertz CT molecular complexity index is 411. The highest BCUT2D eigenvalue weighted by atomic mass is 32.2. The maximum absolute atomic E-state index is 11.3. The summed E-state index contributed by atoms with van der Waals surface area (Å²) < 4.78 is 11.3. The summed E-state index contributed by atoms with van der Waals surface area (Å²) in [5.74, 6) is 2.42. The van der Waals surface area contributed by atoms with Crippen LogP contribution in [-0.2, 0) is 17.2 Å². The highest BCUT2D eigenvalue weighted by molar-refractivity contribution is 7.84. The summed E-state index contributed by atoms with van der Waals surface area (Å²) >= 11 is 0. The van der Waals surface area contributed by atoms with E-state index in [2.05, 4.69) is 27.5 Å². The molecular weight excluding hydrogens is 248 g/mol. The quantitative estimate of drug-likeness (QED) is 0.788. The highest BCUT2D eigenvalue weighted by Crippen LogP contribution is 2.12. The van der Waals surface area contributed by atoms with Gasteiger partial charge >= 0.3 is 0 Å². The average molecular weight is 270 g/mol. The van der Waals surface area contributed by atoms with Gasteiger partial charge < -0.3 is 10.6 Å². The van der Waals surface area contributed by atoms with E-state index in [1.165, 1.54) is 0 Å². The van der Waals surface area contributed by atoms with Gasteiger partial charge in [-0.15, -0.1) is 0 Å². The lowest BCUT2D eigenvalue weighted by Crippen LogP contribution is -2.21. The van der Waals surface area contributed by atoms with Crippen molar-refractivity contribution in [3.63, 3.8) is 0 Å². The number of hydrogen-bond donors (Lipinski definition) is 2. The van der Waals surface area contributed by atoms with Crippen molar-refractivity contribution in [1.29, 1.82) is 0 Å². The van der Waals surface area contributed by atoms with E-state index in [4.69, 9.17) is 0 Å². The lowest BCUT2D eigenvalue weighted by atomic mass is 10.3. The third-order valence-electron chi connectivity index (χ3n) is 2.64. The van der Waals surface area contributed by atoms with Crippen LogP contribution < -0.4 is 10.6 Å². The van der Waals surface area contributed by atoms with E-state index in [1.54, 1.807) is 6.26 Å². The van der Waals surface area contributed by atoms with E-state index in [-0.39, 0.29) is 5.25 Å². The van der Waals surface area contributed by atoms with Gasteiger partial charge in [-0.1, -0.05) is 6.92 Å². The number of nitrogens with one attached hydrogen (secondary N) is 2. The van der Waals surface area contributed by atoms with Gasteiger partial charge in [-0.2, -0.15) is 0 Å². The molecule has 1 rings (SSSR count). The number of hydrogen-bond acceptors (Lipinski definition) is 5. The van der Waals surface area contributed by atoms with Crippen molar-refractivity contribution in [2.24, 2.45) is 0 Å². The molecule has 0 amide bonds. The highest BCUT2D eigenvalue weighted by Gasteiger charge is 2.08. The Labute approximate surface area is 111 Å². The minimum Gasteiger partial charge on any atom is -0.373 e. The molecule has 5 nitrogen and oxygen atoms in total. The molecule has 0 fully saturated rings. The third kappa shape index (κ3) is 4.60. The van der Waals surface area contributed by atoms with Crippen LogP contribution in [0, 0.1) is 0 Å². The molecule has 0 radical (unpaired) electrons.